The molecule has 0 heterocycles. The van der Waals surface area contributed by atoms with E-state index < -0.39 is 0 Å². The summed E-state index contributed by atoms with van der Waals surface area (Å²) in [6.07, 6.45) is 1.03. The first kappa shape index (κ1) is 15.2. The van der Waals surface area contributed by atoms with Crippen LogP contribution in [0.15, 0.2) is 54.6 Å². The number of benzene rings is 2. The average Bonchev–Trinajstić information content (AvgIpc) is 2.49. The molecule has 0 radical (unpaired) electrons. The highest BCUT2D eigenvalue weighted by Gasteiger charge is 2.12. The van der Waals surface area contributed by atoms with Crippen LogP contribution < -0.4 is 0 Å². The van der Waals surface area contributed by atoms with E-state index in [1.54, 1.807) is 12.1 Å². The first-order chi connectivity index (χ1) is 10.1. The van der Waals surface area contributed by atoms with Crippen LogP contribution in [0.1, 0.15) is 30.4 Å². The molecule has 0 aliphatic carbocycles. The van der Waals surface area contributed by atoms with Crippen molar-refractivity contribution in [2.45, 2.75) is 25.7 Å². The fourth-order valence-electron chi connectivity index (χ4n) is 2.15. The van der Waals surface area contributed by atoms with E-state index in [-0.39, 0.29) is 17.7 Å². The number of halogens is 1. The summed E-state index contributed by atoms with van der Waals surface area (Å²) in [5, 5.41) is 0. The van der Waals surface area contributed by atoms with E-state index in [2.05, 4.69) is 0 Å². The lowest BCUT2D eigenvalue weighted by atomic mass is 9.98. The molecular formula is C18H19FO2. The minimum atomic E-state index is -0.267. The van der Waals surface area contributed by atoms with Gasteiger partial charge in [0.25, 0.3) is 0 Å². The Balaban J connectivity index is 1.75. The van der Waals surface area contributed by atoms with Gasteiger partial charge in [-0.2, -0.15) is 0 Å². The summed E-state index contributed by atoms with van der Waals surface area (Å²) in [4.78, 5) is 11.8. The van der Waals surface area contributed by atoms with Crippen LogP contribution in [0.5, 0.6) is 0 Å². The fraction of sp³-hybridized carbons (Fsp3) is 0.278. The van der Waals surface area contributed by atoms with Gasteiger partial charge in [0.05, 0.1) is 13.0 Å². The van der Waals surface area contributed by atoms with Crippen LogP contribution in [0, 0.1) is 5.82 Å². The Hall–Kier alpha value is -2.16. The maximum Gasteiger partial charge on any atom is 0.306 e. The van der Waals surface area contributed by atoms with Crippen molar-refractivity contribution in [3.63, 3.8) is 0 Å². The van der Waals surface area contributed by atoms with Gasteiger partial charge in [0, 0.05) is 6.42 Å². The topological polar surface area (TPSA) is 26.3 Å². The number of ether oxygens (including phenoxy) is 1. The Morgan fingerprint density at radius 2 is 1.76 bits per heavy atom. The van der Waals surface area contributed by atoms with Gasteiger partial charge in [-0.1, -0.05) is 49.4 Å². The smallest absolute Gasteiger partial charge is 0.306 e. The summed E-state index contributed by atoms with van der Waals surface area (Å²) in [5.74, 6) is -0.464. The third kappa shape index (κ3) is 5.03. The molecule has 0 N–H and O–H groups in total. The van der Waals surface area contributed by atoms with E-state index in [0.717, 1.165) is 17.5 Å². The van der Waals surface area contributed by atoms with E-state index in [9.17, 15) is 9.18 Å². The molecule has 0 amide bonds. The molecule has 110 valence electrons. The second kappa shape index (κ2) is 7.58. The molecule has 1 unspecified atom stereocenters. The van der Waals surface area contributed by atoms with Crippen LogP contribution in [-0.2, 0) is 16.0 Å². The summed E-state index contributed by atoms with van der Waals surface area (Å²) < 4.78 is 18.1. The van der Waals surface area contributed by atoms with Gasteiger partial charge >= 0.3 is 5.97 Å². The highest BCUT2D eigenvalue weighted by molar-refractivity contribution is 5.70. The van der Waals surface area contributed by atoms with Crippen LogP contribution in [0.25, 0.3) is 0 Å². The first-order valence-electron chi connectivity index (χ1n) is 7.10. The third-order valence-corrected chi connectivity index (χ3v) is 3.41. The number of hydrogen-bond acceptors (Lipinski definition) is 2. The normalized spacial score (nSPS) is 11.9. The molecule has 0 aliphatic heterocycles. The minimum Gasteiger partial charge on any atom is -0.465 e. The molecule has 1 atom stereocenters. The van der Waals surface area contributed by atoms with E-state index in [4.69, 9.17) is 4.74 Å². The van der Waals surface area contributed by atoms with Crippen molar-refractivity contribution in [3.05, 3.63) is 71.5 Å². The lowest BCUT2D eigenvalue weighted by molar-refractivity contribution is -0.143. The molecule has 2 rings (SSSR count). The van der Waals surface area contributed by atoms with Crippen molar-refractivity contribution in [2.24, 2.45) is 0 Å². The van der Waals surface area contributed by atoms with E-state index in [0.29, 0.717) is 13.0 Å². The summed E-state index contributed by atoms with van der Waals surface area (Å²) in [6, 6.07) is 16.1. The molecule has 0 fully saturated rings. The number of hydrogen-bond donors (Lipinski definition) is 0. The van der Waals surface area contributed by atoms with Gasteiger partial charge < -0.3 is 4.74 Å². The molecule has 0 aliphatic rings. The van der Waals surface area contributed by atoms with Gasteiger partial charge in [0.1, 0.15) is 5.82 Å². The molecule has 2 aromatic rings. The van der Waals surface area contributed by atoms with Gasteiger partial charge in [-0.05, 0) is 29.2 Å². The molecule has 0 aromatic heterocycles. The summed E-state index contributed by atoms with van der Waals surface area (Å²) >= 11 is 0. The van der Waals surface area contributed by atoms with Gasteiger partial charge in [-0.25, -0.2) is 4.39 Å². The van der Waals surface area contributed by atoms with Crippen LogP contribution in [0.3, 0.4) is 0 Å². The van der Waals surface area contributed by atoms with E-state index in [1.807, 2.05) is 37.3 Å². The zero-order valence-electron chi connectivity index (χ0n) is 12.1. The third-order valence-electron chi connectivity index (χ3n) is 3.41. The van der Waals surface area contributed by atoms with Crippen LogP contribution >= 0.6 is 0 Å². The second-order valence-corrected chi connectivity index (χ2v) is 5.11. The Bertz CT molecular complexity index is 564. The van der Waals surface area contributed by atoms with E-state index >= 15 is 0 Å². The van der Waals surface area contributed by atoms with Crippen molar-refractivity contribution in [2.75, 3.05) is 6.61 Å². The van der Waals surface area contributed by atoms with Gasteiger partial charge in [-0.3, -0.25) is 4.79 Å². The molecular weight excluding hydrogens is 267 g/mol. The molecule has 21 heavy (non-hydrogen) atoms. The molecule has 3 heteroatoms. The Morgan fingerprint density at radius 3 is 2.43 bits per heavy atom. The Kier molecular flexibility index (Phi) is 5.50. The van der Waals surface area contributed by atoms with Gasteiger partial charge in [0.2, 0.25) is 0 Å². The zero-order valence-corrected chi connectivity index (χ0v) is 12.1. The number of rotatable bonds is 6. The summed E-state index contributed by atoms with van der Waals surface area (Å²) in [5.41, 5.74) is 2.09. The maximum absolute atomic E-state index is 12.8. The lowest BCUT2D eigenvalue weighted by Crippen LogP contribution is -2.11. The highest BCUT2D eigenvalue weighted by Crippen LogP contribution is 2.19. The Labute approximate surface area is 124 Å². The van der Waals surface area contributed by atoms with E-state index in [1.165, 1.54) is 12.1 Å². The Morgan fingerprint density at radius 1 is 1.10 bits per heavy atom. The minimum absolute atomic E-state index is 0.0230. The molecule has 0 saturated heterocycles. The van der Waals surface area contributed by atoms with Crippen LogP contribution in [0.2, 0.25) is 0 Å². The zero-order chi connectivity index (χ0) is 15.1. The number of carbonyl (C=O) groups excluding carboxylic acids is 1. The maximum atomic E-state index is 12.8. The molecule has 0 saturated carbocycles. The molecule has 2 aromatic carbocycles. The second-order valence-electron chi connectivity index (χ2n) is 5.11. The quantitative estimate of drug-likeness (QED) is 0.747. The lowest BCUT2D eigenvalue weighted by Gasteiger charge is -2.11. The largest absolute Gasteiger partial charge is 0.465 e. The molecule has 0 bridgehead atoms. The predicted molar refractivity (Wildman–Crippen MR) is 80.5 cm³/mol. The van der Waals surface area contributed by atoms with Crippen LogP contribution in [-0.4, -0.2) is 12.6 Å². The fourth-order valence-corrected chi connectivity index (χ4v) is 2.15. The van der Waals surface area contributed by atoms with Crippen molar-refractivity contribution >= 4 is 5.97 Å². The van der Waals surface area contributed by atoms with Gasteiger partial charge in [0.15, 0.2) is 0 Å². The van der Waals surface area contributed by atoms with Crippen molar-refractivity contribution in [3.8, 4) is 0 Å². The predicted octanol–water partition coefficient (Wildman–Crippen LogP) is 4.11. The average molecular weight is 286 g/mol. The molecule has 2 nitrogen and oxygen atoms in total. The van der Waals surface area contributed by atoms with Gasteiger partial charge in [-0.15, -0.1) is 0 Å². The SMILES string of the molecule is CC(CC(=O)OCCc1ccccc1)c1ccc(F)cc1. The standard InChI is InChI=1S/C18H19FO2/c1-14(16-7-9-17(19)10-8-16)13-18(20)21-12-11-15-5-3-2-4-6-15/h2-10,14H,11-13H2,1H3. The number of carbonyl (C=O) groups is 1. The number of esters is 1. The van der Waals surface area contributed by atoms with Crippen molar-refractivity contribution in [1.82, 2.24) is 0 Å². The molecule has 0 spiro atoms. The van der Waals surface area contributed by atoms with Crippen molar-refractivity contribution in [1.29, 1.82) is 0 Å². The van der Waals surface area contributed by atoms with Crippen molar-refractivity contribution < 1.29 is 13.9 Å². The van der Waals surface area contributed by atoms with Crippen LogP contribution in [0.4, 0.5) is 4.39 Å². The first-order valence-corrected chi connectivity index (χ1v) is 7.10. The highest BCUT2D eigenvalue weighted by atomic mass is 19.1. The summed E-state index contributed by atoms with van der Waals surface area (Å²) in [6.45, 7) is 2.32. The monoisotopic (exact) mass is 286 g/mol. The summed E-state index contributed by atoms with van der Waals surface area (Å²) in [7, 11) is 0.